The second kappa shape index (κ2) is 6.15. The Morgan fingerprint density at radius 3 is 2.63 bits per heavy atom. The van der Waals surface area contributed by atoms with Gasteiger partial charge in [-0.05, 0) is 0 Å². The third-order valence-electron chi connectivity index (χ3n) is 3.97. The predicted octanol–water partition coefficient (Wildman–Crippen LogP) is 3.31. The molecule has 1 fully saturated rings. The normalized spacial score (nSPS) is 22.4. The highest BCUT2D eigenvalue weighted by molar-refractivity contribution is 7.09. The largest absolute Gasteiger partial charge is 0.473 e. The summed E-state index contributed by atoms with van der Waals surface area (Å²) in [5.74, 6) is 0.327. The van der Waals surface area contributed by atoms with Crippen molar-refractivity contribution < 1.29 is 26.8 Å². The molecule has 0 aliphatic heterocycles. The Kier molecular flexibility index (Phi) is 4.02. The van der Waals surface area contributed by atoms with Gasteiger partial charge in [0.25, 0.3) is 5.56 Å². The highest BCUT2D eigenvalue weighted by Crippen LogP contribution is 2.48. The maximum Gasteiger partial charge on any atom is 0.434 e. The van der Waals surface area contributed by atoms with E-state index in [2.05, 4.69) is 20.1 Å². The lowest BCUT2D eigenvalue weighted by atomic mass is 9.79. The third kappa shape index (κ3) is 3.44. The van der Waals surface area contributed by atoms with Crippen LogP contribution in [0.3, 0.4) is 0 Å². The van der Waals surface area contributed by atoms with Gasteiger partial charge in [0, 0.05) is 18.2 Å². The first kappa shape index (κ1) is 17.6. The van der Waals surface area contributed by atoms with Gasteiger partial charge in [-0.1, -0.05) is 0 Å². The van der Waals surface area contributed by atoms with Gasteiger partial charge in [0.05, 0.1) is 18.5 Å². The smallest absolute Gasteiger partial charge is 0.434 e. The fraction of sp³-hybridized carbons (Fsp3) is 0.333. The van der Waals surface area contributed by atoms with Crippen molar-refractivity contribution in [1.29, 1.82) is 0 Å². The molecule has 4 rings (SSSR count). The van der Waals surface area contributed by atoms with Gasteiger partial charge in [-0.2, -0.15) is 18.3 Å². The van der Waals surface area contributed by atoms with Crippen LogP contribution in [0.25, 0.3) is 11.5 Å². The Morgan fingerprint density at radius 1 is 1.30 bits per heavy atom. The number of ether oxygens (including phenoxy) is 1. The number of aromatic amines is 1. The summed E-state index contributed by atoms with van der Waals surface area (Å²) in [7, 11) is 0. The number of aromatic nitrogens is 4. The average Bonchev–Trinajstić information content (AvgIpc) is 3.23. The Labute approximate surface area is 152 Å². The molecular formula is C15H10F4N4O3S. The van der Waals surface area contributed by atoms with E-state index in [0.717, 1.165) is 5.38 Å². The Bertz CT molecular complexity index is 1000. The van der Waals surface area contributed by atoms with Gasteiger partial charge < -0.3 is 9.26 Å². The second-order valence-electron chi connectivity index (χ2n) is 5.97. The first-order chi connectivity index (χ1) is 12.7. The Balaban J connectivity index is 1.38. The molecule has 0 aromatic carbocycles. The topological polar surface area (TPSA) is 93.9 Å². The minimum Gasteiger partial charge on any atom is -0.473 e. The van der Waals surface area contributed by atoms with E-state index in [1.165, 1.54) is 18.5 Å². The van der Waals surface area contributed by atoms with Crippen LogP contribution in [0.4, 0.5) is 17.6 Å². The minimum absolute atomic E-state index is 0.124. The molecule has 0 bridgehead atoms. The summed E-state index contributed by atoms with van der Waals surface area (Å²) < 4.78 is 62.8. The standard InChI is InChI=1S/C15H10F4N4O3S/c16-14(13-22-10(6-27-13)15(17,18)19)2-7(3-14)25-12-5-20-8(4-21-12)9-1-11(24)23-26-9/h1,4-7H,2-3H2,(H,23,24). The second-order valence-corrected chi connectivity index (χ2v) is 6.82. The number of H-pyrrole nitrogens is 1. The van der Waals surface area contributed by atoms with Crippen molar-refractivity contribution in [2.24, 2.45) is 0 Å². The van der Waals surface area contributed by atoms with E-state index in [9.17, 15) is 22.4 Å². The van der Waals surface area contributed by atoms with Crippen molar-refractivity contribution in [2.75, 3.05) is 0 Å². The molecule has 3 aromatic rings. The molecule has 3 heterocycles. The number of hydrogen-bond acceptors (Lipinski definition) is 7. The lowest BCUT2D eigenvalue weighted by Gasteiger charge is -2.39. The van der Waals surface area contributed by atoms with E-state index in [-0.39, 0.29) is 29.5 Å². The van der Waals surface area contributed by atoms with Crippen LogP contribution in [0.2, 0.25) is 0 Å². The predicted molar refractivity (Wildman–Crippen MR) is 83.9 cm³/mol. The summed E-state index contributed by atoms with van der Waals surface area (Å²) in [6, 6.07) is 1.21. The first-order valence-electron chi connectivity index (χ1n) is 7.63. The van der Waals surface area contributed by atoms with Gasteiger partial charge in [0.2, 0.25) is 5.88 Å². The van der Waals surface area contributed by atoms with Crippen LogP contribution in [-0.4, -0.2) is 26.2 Å². The van der Waals surface area contributed by atoms with E-state index >= 15 is 0 Å². The van der Waals surface area contributed by atoms with Gasteiger partial charge in [0.1, 0.15) is 16.8 Å². The van der Waals surface area contributed by atoms with Crippen LogP contribution < -0.4 is 10.3 Å². The molecule has 0 saturated heterocycles. The van der Waals surface area contributed by atoms with Gasteiger partial charge in [-0.3, -0.25) is 4.79 Å². The number of alkyl halides is 4. The van der Waals surface area contributed by atoms with Crippen LogP contribution in [0, 0.1) is 0 Å². The zero-order valence-electron chi connectivity index (χ0n) is 13.3. The number of hydrogen-bond donors (Lipinski definition) is 1. The fourth-order valence-electron chi connectivity index (χ4n) is 2.61. The van der Waals surface area contributed by atoms with E-state index in [4.69, 9.17) is 9.26 Å². The SMILES string of the molecule is O=c1cc(-c2cnc(OC3CC(F)(c4nc(C(F)(F)F)cs4)C3)cn2)o[nH]1. The summed E-state index contributed by atoms with van der Waals surface area (Å²) in [5.41, 5.74) is -3.16. The van der Waals surface area contributed by atoms with Gasteiger partial charge in [0.15, 0.2) is 17.1 Å². The van der Waals surface area contributed by atoms with Crippen molar-refractivity contribution in [3.05, 3.63) is 44.9 Å². The van der Waals surface area contributed by atoms with Gasteiger partial charge >= 0.3 is 6.18 Å². The van der Waals surface area contributed by atoms with E-state index in [1.54, 1.807) is 0 Å². The number of nitrogens with zero attached hydrogens (tertiary/aromatic N) is 3. The molecule has 27 heavy (non-hydrogen) atoms. The lowest BCUT2D eigenvalue weighted by Crippen LogP contribution is -2.44. The zero-order valence-corrected chi connectivity index (χ0v) is 14.1. The number of thiazole rings is 1. The molecular weight excluding hydrogens is 392 g/mol. The lowest BCUT2D eigenvalue weighted by molar-refractivity contribution is -0.141. The molecule has 142 valence electrons. The highest BCUT2D eigenvalue weighted by Gasteiger charge is 2.51. The maximum atomic E-state index is 14.7. The molecule has 7 nitrogen and oxygen atoms in total. The quantitative estimate of drug-likeness (QED) is 0.673. The maximum absolute atomic E-state index is 14.7. The molecule has 0 unspecified atom stereocenters. The molecule has 1 aliphatic rings. The summed E-state index contributed by atoms with van der Waals surface area (Å²) in [6.45, 7) is 0. The summed E-state index contributed by atoms with van der Waals surface area (Å²) in [5, 5.41) is 2.71. The zero-order chi connectivity index (χ0) is 19.2. The van der Waals surface area contributed by atoms with Crippen molar-refractivity contribution >= 4 is 11.3 Å². The Hall–Kier alpha value is -2.76. The summed E-state index contributed by atoms with van der Waals surface area (Å²) in [6.07, 6.45) is -2.81. The Morgan fingerprint density at radius 2 is 2.07 bits per heavy atom. The molecule has 1 saturated carbocycles. The number of nitrogens with one attached hydrogen (secondary N) is 1. The molecule has 12 heteroatoms. The number of halogens is 4. The van der Waals surface area contributed by atoms with E-state index in [1.807, 2.05) is 0 Å². The first-order valence-corrected chi connectivity index (χ1v) is 8.51. The molecule has 0 spiro atoms. The van der Waals surface area contributed by atoms with Gasteiger partial charge in [-0.25, -0.2) is 19.3 Å². The van der Waals surface area contributed by atoms with Crippen LogP contribution >= 0.6 is 11.3 Å². The molecule has 1 aliphatic carbocycles. The monoisotopic (exact) mass is 402 g/mol. The van der Waals surface area contributed by atoms with Crippen molar-refractivity contribution in [3.8, 4) is 17.3 Å². The highest BCUT2D eigenvalue weighted by atomic mass is 32.1. The molecule has 1 N–H and O–H groups in total. The van der Waals surface area contributed by atoms with Crippen LogP contribution in [-0.2, 0) is 11.8 Å². The molecule has 0 radical (unpaired) electrons. The van der Waals surface area contributed by atoms with Crippen LogP contribution in [0.1, 0.15) is 23.5 Å². The molecule has 3 aromatic heterocycles. The molecule has 0 amide bonds. The summed E-state index contributed by atoms with van der Waals surface area (Å²) in [4.78, 5) is 22.4. The van der Waals surface area contributed by atoms with E-state index < -0.39 is 29.2 Å². The van der Waals surface area contributed by atoms with Crippen molar-refractivity contribution in [1.82, 2.24) is 20.1 Å². The van der Waals surface area contributed by atoms with Crippen molar-refractivity contribution in [2.45, 2.75) is 30.8 Å². The van der Waals surface area contributed by atoms with Gasteiger partial charge in [-0.15, -0.1) is 11.3 Å². The molecule has 0 atom stereocenters. The van der Waals surface area contributed by atoms with Crippen molar-refractivity contribution in [3.63, 3.8) is 0 Å². The fourth-order valence-corrected chi connectivity index (χ4v) is 3.55. The van der Waals surface area contributed by atoms with E-state index in [0.29, 0.717) is 17.0 Å². The average molecular weight is 402 g/mol. The number of rotatable bonds is 4. The van der Waals surface area contributed by atoms with Crippen LogP contribution in [0.15, 0.2) is 33.2 Å². The van der Waals surface area contributed by atoms with Crippen LogP contribution in [0.5, 0.6) is 5.88 Å². The third-order valence-corrected chi connectivity index (χ3v) is 4.99. The minimum atomic E-state index is -4.60. The summed E-state index contributed by atoms with van der Waals surface area (Å²) >= 11 is 0.641.